The van der Waals surface area contributed by atoms with Gasteiger partial charge in [0.2, 0.25) is 0 Å². The number of hydrogen-bond donors (Lipinski definition) is 2. The second-order valence-corrected chi connectivity index (χ2v) is 5.76. The average Bonchev–Trinajstić information content (AvgIpc) is 3.22. The molecule has 3 rings (SSSR count). The smallest absolute Gasteiger partial charge is 0.165 e. The van der Waals surface area contributed by atoms with Crippen LogP contribution in [-0.2, 0) is 6.54 Å². The van der Waals surface area contributed by atoms with Crippen LogP contribution in [0, 0.1) is 23.6 Å². The molecular formula is C15H20FNO. The van der Waals surface area contributed by atoms with E-state index in [-0.39, 0.29) is 5.75 Å². The fraction of sp³-hybridized carbons (Fsp3) is 0.600. The fourth-order valence-electron chi connectivity index (χ4n) is 2.81. The largest absolute Gasteiger partial charge is 0.505 e. The molecule has 2 N–H and O–H groups in total. The first-order valence-electron chi connectivity index (χ1n) is 6.92. The Labute approximate surface area is 107 Å². The van der Waals surface area contributed by atoms with Gasteiger partial charge < -0.3 is 10.4 Å². The van der Waals surface area contributed by atoms with Crippen LogP contribution in [0.15, 0.2) is 18.2 Å². The van der Waals surface area contributed by atoms with Gasteiger partial charge in [0, 0.05) is 6.54 Å². The van der Waals surface area contributed by atoms with Crippen molar-refractivity contribution in [2.45, 2.75) is 32.2 Å². The van der Waals surface area contributed by atoms with E-state index in [2.05, 4.69) is 5.32 Å². The molecule has 1 aromatic carbocycles. The lowest BCUT2D eigenvalue weighted by Gasteiger charge is -2.16. The first-order chi connectivity index (χ1) is 8.74. The van der Waals surface area contributed by atoms with E-state index in [1.807, 2.05) is 0 Å². The lowest BCUT2D eigenvalue weighted by atomic mass is 9.98. The molecule has 2 aliphatic carbocycles. The summed E-state index contributed by atoms with van der Waals surface area (Å²) in [4.78, 5) is 0. The Balaban J connectivity index is 1.49. The summed E-state index contributed by atoms with van der Waals surface area (Å²) in [5.74, 6) is 1.93. The van der Waals surface area contributed by atoms with E-state index in [0.717, 1.165) is 29.9 Å². The third-order valence-corrected chi connectivity index (χ3v) is 4.18. The van der Waals surface area contributed by atoms with Crippen LogP contribution in [0.4, 0.5) is 4.39 Å². The summed E-state index contributed by atoms with van der Waals surface area (Å²) in [5, 5.41) is 12.6. The number of hydrogen-bond acceptors (Lipinski definition) is 2. The molecule has 0 radical (unpaired) electrons. The molecule has 98 valence electrons. The summed E-state index contributed by atoms with van der Waals surface area (Å²) in [6.45, 7) is 1.74. The fourth-order valence-corrected chi connectivity index (χ4v) is 2.81. The summed E-state index contributed by atoms with van der Waals surface area (Å²) < 4.78 is 13.2. The van der Waals surface area contributed by atoms with E-state index in [9.17, 15) is 4.39 Å². The van der Waals surface area contributed by atoms with Crippen molar-refractivity contribution < 1.29 is 9.50 Å². The van der Waals surface area contributed by atoms with Crippen molar-refractivity contribution >= 4 is 0 Å². The summed E-state index contributed by atoms with van der Waals surface area (Å²) >= 11 is 0. The highest BCUT2D eigenvalue weighted by molar-refractivity contribution is 5.27. The van der Waals surface area contributed by atoms with Crippen LogP contribution in [0.2, 0.25) is 0 Å². The van der Waals surface area contributed by atoms with Crippen molar-refractivity contribution in [1.29, 1.82) is 0 Å². The van der Waals surface area contributed by atoms with Crippen LogP contribution in [0.1, 0.15) is 31.2 Å². The molecule has 2 saturated carbocycles. The monoisotopic (exact) mass is 249 g/mol. The Morgan fingerprint density at radius 3 is 2.44 bits per heavy atom. The van der Waals surface area contributed by atoms with E-state index in [1.165, 1.54) is 37.8 Å². The number of halogens is 1. The summed E-state index contributed by atoms with van der Waals surface area (Å²) in [6.07, 6.45) is 5.60. The highest BCUT2D eigenvalue weighted by Gasteiger charge is 2.40. The second kappa shape index (κ2) is 4.88. The van der Waals surface area contributed by atoms with E-state index in [1.54, 1.807) is 6.07 Å². The Morgan fingerprint density at radius 2 is 1.89 bits per heavy atom. The van der Waals surface area contributed by atoms with Gasteiger partial charge in [-0.2, -0.15) is 0 Å². The van der Waals surface area contributed by atoms with Gasteiger partial charge in [0.25, 0.3) is 0 Å². The predicted octanol–water partition coefficient (Wildman–Crippen LogP) is 3.06. The minimum atomic E-state index is -0.532. The minimum absolute atomic E-state index is 0.271. The van der Waals surface area contributed by atoms with Crippen LogP contribution < -0.4 is 5.32 Å². The third-order valence-electron chi connectivity index (χ3n) is 4.18. The Bertz CT molecular complexity index is 415. The van der Waals surface area contributed by atoms with Gasteiger partial charge in [-0.25, -0.2) is 4.39 Å². The zero-order valence-electron chi connectivity index (χ0n) is 10.5. The highest BCUT2D eigenvalue weighted by Crippen LogP contribution is 2.48. The molecule has 2 aliphatic rings. The first kappa shape index (κ1) is 12.0. The highest BCUT2D eigenvalue weighted by atomic mass is 19.1. The predicted molar refractivity (Wildman–Crippen MR) is 68.7 cm³/mol. The molecule has 0 heterocycles. The Kier molecular flexibility index (Phi) is 3.25. The number of aromatic hydroxyl groups is 1. The summed E-state index contributed by atoms with van der Waals surface area (Å²) in [6, 6.07) is 4.60. The topological polar surface area (TPSA) is 32.3 Å². The third kappa shape index (κ3) is 2.83. The number of nitrogens with one attached hydrogen (secondary N) is 1. The van der Waals surface area contributed by atoms with E-state index in [0.29, 0.717) is 6.54 Å². The molecule has 0 aliphatic heterocycles. The van der Waals surface area contributed by atoms with Gasteiger partial charge in [-0.15, -0.1) is 0 Å². The van der Waals surface area contributed by atoms with Crippen LogP contribution >= 0.6 is 0 Å². The van der Waals surface area contributed by atoms with Crippen molar-refractivity contribution in [3.63, 3.8) is 0 Å². The molecule has 0 saturated heterocycles. The number of phenolic OH excluding ortho intramolecular Hbond substituents is 1. The maximum absolute atomic E-state index is 13.2. The lowest BCUT2D eigenvalue weighted by molar-refractivity contribution is 0.378. The molecule has 0 unspecified atom stereocenters. The second-order valence-electron chi connectivity index (χ2n) is 5.76. The molecule has 18 heavy (non-hydrogen) atoms. The number of benzene rings is 1. The first-order valence-corrected chi connectivity index (χ1v) is 6.92. The Morgan fingerprint density at radius 1 is 1.22 bits per heavy atom. The standard InChI is InChI=1S/C15H20FNO/c16-14-7-10(1-6-15(14)18)8-17-9-13(11-2-3-11)12-4-5-12/h1,6-7,11-13,17-18H,2-5,8-9H2. The van der Waals surface area contributed by atoms with Crippen molar-refractivity contribution in [3.8, 4) is 5.75 Å². The summed E-state index contributed by atoms with van der Waals surface area (Å²) in [5.41, 5.74) is 0.899. The molecule has 3 heteroatoms. The molecule has 2 fully saturated rings. The molecule has 2 nitrogen and oxygen atoms in total. The SMILES string of the molecule is Oc1ccc(CNCC(C2CC2)C2CC2)cc1F. The zero-order valence-corrected chi connectivity index (χ0v) is 10.5. The molecule has 0 bridgehead atoms. The zero-order chi connectivity index (χ0) is 12.5. The molecule has 1 aromatic rings. The van der Waals surface area contributed by atoms with Crippen LogP contribution in [0.25, 0.3) is 0 Å². The van der Waals surface area contributed by atoms with Crippen LogP contribution in [-0.4, -0.2) is 11.7 Å². The van der Waals surface area contributed by atoms with Crippen LogP contribution in [0.3, 0.4) is 0 Å². The van der Waals surface area contributed by atoms with E-state index in [4.69, 9.17) is 5.11 Å². The molecule has 0 amide bonds. The Hall–Kier alpha value is -1.09. The van der Waals surface area contributed by atoms with Gasteiger partial charge in [-0.05, 0) is 67.7 Å². The van der Waals surface area contributed by atoms with Gasteiger partial charge in [-0.1, -0.05) is 6.07 Å². The number of phenols is 1. The van der Waals surface area contributed by atoms with E-state index < -0.39 is 5.82 Å². The van der Waals surface area contributed by atoms with Gasteiger partial charge >= 0.3 is 0 Å². The van der Waals surface area contributed by atoms with Crippen molar-refractivity contribution in [2.24, 2.45) is 17.8 Å². The quantitative estimate of drug-likeness (QED) is 0.812. The molecule has 0 aromatic heterocycles. The minimum Gasteiger partial charge on any atom is -0.505 e. The molecule has 0 spiro atoms. The van der Waals surface area contributed by atoms with Crippen molar-refractivity contribution in [3.05, 3.63) is 29.6 Å². The van der Waals surface area contributed by atoms with Gasteiger partial charge in [0.05, 0.1) is 0 Å². The van der Waals surface area contributed by atoms with Crippen molar-refractivity contribution in [1.82, 2.24) is 5.32 Å². The van der Waals surface area contributed by atoms with Gasteiger partial charge in [0.15, 0.2) is 11.6 Å². The maximum Gasteiger partial charge on any atom is 0.165 e. The summed E-state index contributed by atoms with van der Waals surface area (Å²) in [7, 11) is 0. The van der Waals surface area contributed by atoms with Gasteiger partial charge in [0.1, 0.15) is 0 Å². The number of rotatable bonds is 6. The normalized spacial score (nSPS) is 19.4. The van der Waals surface area contributed by atoms with E-state index >= 15 is 0 Å². The van der Waals surface area contributed by atoms with Gasteiger partial charge in [-0.3, -0.25) is 0 Å². The molecule has 0 atom stereocenters. The lowest BCUT2D eigenvalue weighted by Crippen LogP contribution is -2.25. The maximum atomic E-state index is 13.2. The van der Waals surface area contributed by atoms with Crippen molar-refractivity contribution in [2.75, 3.05) is 6.54 Å². The average molecular weight is 249 g/mol. The molecular weight excluding hydrogens is 229 g/mol. The van der Waals surface area contributed by atoms with Crippen LogP contribution in [0.5, 0.6) is 5.75 Å².